The minimum absolute atomic E-state index is 0.531. The molecule has 0 fully saturated rings. The van der Waals surface area contributed by atoms with Crippen molar-refractivity contribution >= 4 is 18.7 Å². The van der Waals surface area contributed by atoms with Gasteiger partial charge in [-0.25, -0.2) is 0 Å². The molecule has 0 aliphatic carbocycles. The van der Waals surface area contributed by atoms with Gasteiger partial charge in [0.2, 0.25) is 0 Å². The topological polar surface area (TPSA) is 18.5 Å². The predicted molar refractivity (Wildman–Crippen MR) is 107 cm³/mol. The summed E-state index contributed by atoms with van der Waals surface area (Å²) in [5, 5.41) is 3.80. The molecular weight excluding hydrogens is 324 g/mol. The molecule has 2 nitrogen and oxygen atoms in total. The lowest BCUT2D eigenvalue weighted by Gasteiger charge is -2.37. The SMILES string of the molecule is C=C(COC)/C1=C/CCCCO[Si]1(c1ccccc1)c1ccccc1. The Morgan fingerprint density at radius 1 is 1.00 bits per heavy atom. The standard InChI is InChI=1S/C22H26O2Si/c1-19(18-23-2)22-16-10-5-11-17-24-25(22,20-12-6-3-7-13-20)21-14-8-4-9-15-21/h3-4,6-9,12-16H,1,5,10-11,17-18H2,2H3/b22-16-. The molecule has 2 aromatic rings. The first-order chi connectivity index (χ1) is 12.3. The monoisotopic (exact) mass is 350 g/mol. The Kier molecular flexibility index (Phi) is 6.03. The molecule has 25 heavy (non-hydrogen) atoms. The van der Waals surface area contributed by atoms with Crippen molar-refractivity contribution in [2.45, 2.75) is 19.3 Å². The van der Waals surface area contributed by atoms with E-state index < -0.39 is 8.32 Å². The molecule has 0 saturated heterocycles. The maximum atomic E-state index is 6.78. The van der Waals surface area contributed by atoms with Gasteiger partial charge in [-0.1, -0.05) is 73.3 Å². The van der Waals surface area contributed by atoms with Crippen molar-refractivity contribution in [1.82, 2.24) is 0 Å². The molecule has 1 heterocycles. The average molecular weight is 351 g/mol. The van der Waals surface area contributed by atoms with Crippen LogP contribution in [0, 0.1) is 0 Å². The number of hydrogen-bond donors (Lipinski definition) is 0. The molecule has 0 amide bonds. The molecule has 3 rings (SSSR count). The molecule has 0 spiro atoms. The smallest absolute Gasteiger partial charge is 0.288 e. The third kappa shape index (κ3) is 3.69. The summed E-state index contributed by atoms with van der Waals surface area (Å²) in [5.41, 5.74) is 1.03. The van der Waals surface area contributed by atoms with E-state index in [4.69, 9.17) is 9.16 Å². The summed E-state index contributed by atoms with van der Waals surface area (Å²) in [6, 6.07) is 21.3. The molecule has 1 aliphatic heterocycles. The summed E-state index contributed by atoms with van der Waals surface area (Å²) in [5.74, 6) is 0. The van der Waals surface area contributed by atoms with E-state index in [1.165, 1.54) is 15.6 Å². The predicted octanol–water partition coefficient (Wildman–Crippen LogP) is 3.62. The molecule has 0 radical (unpaired) electrons. The van der Waals surface area contributed by atoms with Crippen molar-refractivity contribution in [3.8, 4) is 0 Å². The number of hydrogen-bond acceptors (Lipinski definition) is 2. The van der Waals surface area contributed by atoms with E-state index >= 15 is 0 Å². The van der Waals surface area contributed by atoms with E-state index in [1.807, 2.05) is 0 Å². The van der Waals surface area contributed by atoms with Gasteiger partial charge in [-0.05, 0) is 40.4 Å². The van der Waals surface area contributed by atoms with E-state index in [0.29, 0.717) is 6.61 Å². The number of rotatable bonds is 5. The molecule has 0 saturated carbocycles. The summed E-state index contributed by atoms with van der Waals surface area (Å²) in [6.07, 6.45) is 5.66. The Hall–Kier alpha value is -1.94. The molecule has 0 bridgehead atoms. The molecule has 3 heteroatoms. The van der Waals surface area contributed by atoms with Crippen LogP contribution >= 0.6 is 0 Å². The summed E-state index contributed by atoms with van der Waals surface area (Å²) < 4.78 is 12.2. The first kappa shape index (κ1) is 17.9. The zero-order valence-electron chi connectivity index (χ0n) is 14.9. The second-order valence-corrected chi connectivity index (χ2v) is 9.76. The van der Waals surface area contributed by atoms with Crippen LogP contribution in [-0.4, -0.2) is 28.6 Å². The van der Waals surface area contributed by atoms with Crippen LogP contribution in [0.1, 0.15) is 19.3 Å². The lowest BCUT2D eigenvalue weighted by Crippen LogP contribution is -2.63. The fraction of sp³-hybridized carbons (Fsp3) is 0.273. The molecule has 0 N–H and O–H groups in total. The van der Waals surface area contributed by atoms with Crippen molar-refractivity contribution < 1.29 is 9.16 Å². The summed E-state index contributed by atoms with van der Waals surface area (Å²) in [4.78, 5) is 0. The molecule has 0 atom stereocenters. The van der Waals surface area contributed by atoms with Crippen molar-refractivity contribution in [3.05, 3.63) is 84.1 Å². The summed E-state index contributed by atoms with van der Waals surface area (Å²) in [6.45, 7) is 5.66. The van der Waals surface area contributed by atoms with Crippen LogP contribution < -0.4 is 10.4 Å². The highest BCUT2D eigenvalue weighted by molar-refractivity contribution is 7.03. The molecule has 0 unspecified atom stereocenters. The first-order valence-corrected chi connectivity index (χ1v) is 10.8. The first-order valence-electron chi connectivity index (χ1n) is 8.92. The summed E-state index contributed by atoms with van der Waals surface area (Å²) >= 11 is 0. The second-order valence-electron chi connectivity index (χ2n) is 6.41. The van der Waals surface area contributed by atoms with E-state index in [9.17, 15) is 0 Å². The van der Waals surface area contributed by atoms with Crippen LogP contribution in [-0.2, 0) is 9.16 Å². The quantitative estimate of drug-likeness (QED) is 0.767. The van der Waals surface area contributed by atoms with Gasteiger partial charge >= 0.3 is 0 Å². The van der Waals surface area contributed by atoms with Crippen molar-refractivity contribution in [1.29, 1.82) is 0 Å². The number of ether oxygens (including phenoxy) is 1. The van der Waals surface area contributed by atoms with Crippen LogP contribution in [0.5, 0.6) is 0 Å². The molecular formula is C22H26O2Si. The largest absolute Gasteiger partial charge is 0.404 e. The number of methoxy groups -OCH3 is 1. The van der Waals surface area contributed by atoms with Gasteiger partial charge in [0, 0.05) is 13.7 Å². The van der Waals surface area contributed by atoms with Crippen molar-refractivity contribution in [2.75, 3.05) is 20.3 Å². The number of allylic oxidation sites excluding steroid dienone is 1. The average Bonchev–Trinajstić information content (AvgIpc) is 2.64. The third-order valence-corrected chi connectivity index (χ3v) is 8.95. The van der Waals surface area contributed by atoms with Gasteiger partial charge < -0.3 is 9.16 Å². The lowest BCUT2D eigenvalue weighted by atomic mass is 10.2. The molecule has 2 aromatic carbocycles. The van der Waals surface area contributed by atoms with Gasteiger partial charge in [0.05, 0.1) is 6.61 Å². The van der Waals surface area contributed by atoms with E-state index in [-0.39, 0.29) is 0 Å². The Morgan fingerprint density at radius 2 is 1.60 bits per heavy atom. The zero-order chi connectivity index (χ0) is 17.5. The maximum absolute atomic E-state index is 6.78. The van der Waals surface area contributed by atoms with Gasteiger partial charge in [0.25, 0.3) is 8.32 Å². The van der Waals surface area contributed by atoms with Crippen LogP contribution in [0.3, 0.4) is 0 Å². The van der Waals surface area contributed by atoms with Gasteiger partial charge in [0.15, 0.2) is 0 Å². The highest BCUT2D eigenvalue weighted by atomic mass is 28.4. The summed E-state index contributed by atoms with van der Waals surface area (Å²) in [7, 11) is -0.840. The van der Waals surface area contributed by atoms with Crippen LogP contribution in [0.25, 0.3) is 0 Å². The van der Waals surface area contributed by atoms with Gasteiger partial charge in [-0.3, -0.25) is 0 Å². The van der Waals surface area contributed by atoms with Gasteiger partial charge in [0.1, 0.15) is 0 Å². The van der Waals surface area contributed by atoms with Crippen LogP contribution in [0.15, 0.2) is 84.1 Å². The minimum atomic E-state index is -2.57. The maximum Gasteiger partial charge on any atom is 0.288 e. The van der Waals surface area contributed by atoms with E-state index in [2.05, 4.69) is 73.3 Å². The third-order valence-electron chi connectivity index (χ3n) is 4.70. The van der Waals surface area contributed by atoms with E-state index in [1.54, 1.807) is 7.11 Å². The zero-order valence-corrected chi connectivity index (χ0v) is 15.9. The van der Waals surface area contributed by atoms with Crippen LogP contribution in [0.4, 0.5) is 0 Å². The molecule has 0 aromatic heterocycles. The van der Waals surface area contributed by atoms with Crippen molar-refractivity contribution in [2.24, 2.45) is 0 Å². The van der Waals surface area contributed by atoms with Gasteiger partial charge in [-0.15, -0.1) is 0 Å². The fourth-order valence-electron chi connectivity index (χ4n) is 3.57. The van der Waals surface area contributed by atoms with Crippen LogP contribution in [0.2, 0.25) is 0 Å². The van der Waals surface area contributed by atoms with Crippen molar-refractivity contribution in [3.63, 3.8) is 0 Å². The lowest BCUT2D eigenvalue weighted by molar-refractivity contribution is 0.227. The Balaban J connectivity index is 2.24. The normalized spacial score (nSPS) is 19.3. The number of benzene rings is 2. The minimum Gasteiger partial charge on any atom is -0.404 e. The molecule has 130 valence electrons. The Labute approximate surface area is 151 Å². The van der Waals surface area contributed by atoms with E-state index in [0.717, 1.165) is 31.4 Å². The highest BCUT2D eigenvalue weighted by Gasteiger charge is 2.44. The fourth-order valence-corrected chi connectivity index (χ4v) is 7.80. The van der Waals surface area contributed by atoms with Gasteiger partial charge in [-0.2, -0.15) is 0 Å². The molecule has 1 aliphatic rings. The Bertz CT molecular complexity index is 683. The Morgan fingerprint density at radius 3 is 2.16 bits per heavy atom. The second kappa shape index (κ2) is 8.43. The highest BCUT2D eigenvalue weighted by Crippen LogP contribution is 2.27.